The van der Waals surface area contributed by atoms with Gasteiger partial charge in [0.25, 0.3) is 0 Å². The molecule has 2 aliphatic rings. The second kappa shape index (κ2) is 5.86. The van der Waals surface area contributed by atoms with Crippen molar-refractivity contribution in [3.05, 3.63) is 53.8 Å². The maximum Gasteiger partial charge on any atom is 0.206 e. The summed E-state index contributed by atoms with van der Waals surface area (Å²) in [6, 6.07) is 10.6. The number of sulfone groups is 1. The molecule has 2 N–H and O–H groups in total. The second-order valence-electron chi connectivity index (χ2n) is 6.39. The fraction of sp³-hybridized carbons (Fsp3) is 0.333. The van der Waals surface area contributed by atoms with Crippen molar-refractivity contribution >= 4 is 15.5 Å². The summed E-state index contributed by atoms with van der Waals surface area (Å²) >= 11 is 0. The molecule has 0 amide bonds. The van der Waals surface area contributed by atoms with E-state index in [2.05, 4.69) is 10.6 Å². The van der Waals surface area contributed by atoms with Crippen LogP contribution in [-0.4, -0.2) is 27.5 Å². The molecular weight excluding hydrogens is 327 g/mol. The van der Waals surface area contributed by atoms with E-state index in [4.69, 9.17) is 0 Å². The Kier molecular flexibility index (Phi) is 3.81. The summed E-state index contributed by atoms with van der Waals surface area (Å²) in [7, 11) is -3.63. The van der Waals surface area contributed by atoms with Crippen LogP contribution in [0.4, 0.5) is 10.1 Å². The molecule has 1 saturated heterocycles. The summed E-state index contributed by atoms with van der Waals surface area (Å²) in [6.45, 7) is 1.92. The van der Waals surface area contributed by atoms with Crippen LogP contribution in [0.15, 0.2) is 52.3 Å². The molecule has 24 heavy (non-hydrogen) atoms. The number of nitrogens with one attached hydrogen (secondary N) is 2. The largest absolute Gasteiger partial charge is 0.381 e. The van der Waals surface area contributed by atoms with Gasteiger partial charge in [-0.2, -0.15) is 0 Å². The zero-order chi connectivity index (χ0) is 16.7. The molecular formula is C18H19FN2O2S. The molecule has 0 aromatic heterocycles. The average molecular weight is 346 g/mol. The molecule has 4 rings (SSSR count). The van der Waals surface area contributed by atoms with E-state index in [1.807, 2.05) is 6.07 Å². The zero-order valence-corrected chi connectivity index (χ0v) is 13.9. The molecule has 0 aliphatic carbocycles. The fourth-order valence-electron chi connectivity index (χ4n) is 3.68. The smallest absolute Gasteiger partial charge is 0.206 e. The molecule has 4 nitrogen and oxygen atoms in total. The van der Waals surface area contributed by atoms with Crippen molar-refractivity contribution in [3.63, 3.8) is 0 Å². The van der Waals surface area contributed by atoms with Crippen molar-refractivity contribution in [2.75, 3.05) is 18.4 Å². The highest BCUT2D eigenvalue weighted by atomic mass is 32.2. The lowest BCUT2D eigenvalue weighted by Crippen LogP contribution is -2.21. The molecule has 2 atom stereocenters. The number of benzene rings is 2. The zero-order valence-electron chi connectivity index (χ0n) is 13.1. The quantitative estimate of drug-likeness (QED) is 0.821. The Morgan fingerprint density at radius 2 is 1.67 bits per heavy atom. The number of anilines is 1. The normalized spacial score (nSPS) is 23.0. The van der Waals surface area contributed by atoms with Gasteiger partial charge in [-0.05, 0) is 74.0 Å². The van der Waals surface area contributed by atoms with Gasteiger partial charge in [0.15, 0.2) is 0 Å². The summed E-state index contributed by atoms with van der Waals surface area (Å²) in [4.78, 5) is 0.390. The van der Waals surface area contributed by atoms with Crippen molar-refractivity contribution < 1.29 is 12.8 Å². The lowest BCUT2D eigenvalue weighted by atomic mass is 9.91. The third kappa shape index (κ3) is 2.59. The number of halogens is 1. The van der Waals surface area contributed by atoms with Crippen molar-refractivity contribution in [2.45, 2.75) is 34.6 Å². The topological polar surface area (TPSA) is 58.2 Å². The standard InChI is InChI=1S/C18H19FN2O2S/c19-12-1-3-13(4-2-12)24(22,23)14-5-6-17-16(11-14)15-7-9-20-10-8-18(15)21-17/h1-6,11,15,18,20-21H,7-10H2/t15-,18+/m1/s1. The molecule has 6 heteroatoms. The first kappa shape index (κ1) is 15.6. The highest BCUT2D eigenvalue weighted by molar-refractivity contribution is 7.91. The lowest BCUT2D eigenvalue weighted by molar-refractivity contribution is 0.576. The van der Waals surface area contributed by atoms with Crippen LogP contribution in [0.3, 0.4) is 0 Å². The van der Waals surface area contributed by atoms with Crippen LogP contribution < -0.4 is 10.6 Å². The van der Waals surface area contributed by atoms with Gasteiger partial charge in [-0.3, -0.25) is 0 Å². The second-order valence-corrected chi connectivity index (χ2v) is 8.34. The van der Waals surface area contributed by atoms with Gasteiger partial charge in [-0.15, -0.1) is 0 Å². The molecule has 2 aromatic rings. The fourth-order valence-corrected chi connectivity index (χ4v) is 4.98. The highest BCUT2D eigenvalue weighted by Crippen LogP contribution is 2.41. The summed E-state index contributed by atoms with van der Waals surface area (Å²) in [5.74, 6) is -0.112. The molecule has 126 valence electrons. The van der Waals surface area contributed by atoms with E-state index in [0.29, 0.717) is 12.0 Å². The Labute approximate surface area is 141 Å². The Hall–Kier alpha value is -1.92. The molecule has 0 unspecified atom stereocenters. The third-order valence-electron chi connectivity index (χ3n) is 4.95. The van der Waals surface area contributed by atoms with Gasteiger partial charge in [-0.1, -0.05) is 0 Å². The highest BCUT2D eigenvalue weighted by Gasteiger charge is 2.34. The van der Waals surface area contributed by atoms with E-state index in [-0.39, 0.29) is 9.79 Å². The summed E-state index contributed by atoms with van der Waals surface area (Å²) < 4.78 is 38.7. The monoisotopic (exact) mass is 346 g/mol. The summed E-state index contributed by atoms with van der Waals surface area (Å²) in [5, 5.41) is 6.91. The molecule has 1 fully saturated rings. The Morgan fingerprint density at radius 1 is 0.958 bits per heavy atom. The lowest BCUT2D eigenvalue weighted by Gasteiger charge is -2.16. The minimum atomic E-state index is -3.63. The van der Waals surface area contributed by atoms with Crippen molar-refractivity contribution in [1.29, 1.82) is 0 Å². The number of hydrogen-bond acceptors (Lipinski definition) is 4. The van der Waals surface area contributed by atoms with E-state index in [1.54, 1.807) is 12.1 Å². The van der Waals surface area contributed by atoms with Gasteiger partial charge in [0, 0.05) is 17.6 Å². The first-order valence-electron chi connectivity index (χ1n) is 8.17. The minimum absolute atomic E-state index is 0.119. The van der Waals surface area contributed by atoms with Crippen LogP contribution in [0.2, 0.25) is 0 Å². The maximum absolute atomic E-state index is 13.1. The summed E-state index contributed by atoms with van der Waals surface area (Å²) in [5.41, 5.74) is 2.11. The Morgan fingerprint density at radius 3 is 2.46 bits per heavy atom. The van der Waals surface area contributed by atoms with E-state index >= 15 is 0 Å². The van der Waals surface area contributed by atoms with Gasteiger partial charge >= 0.3 is 0 Å². The van der Waals surface area contributed by atoms with Gasteiger partial charge in [0.2, 0.25) is 9.84 Å². The van der Waals surface area contributed by atoms with Crippen LogP contribution in [0.25, 0.3) is 0 Å². The van der Waals surface area contributed by atoms with Crippen molar-refractivity contribution in [3.8, 4) is 0 Å². The minimum Gasteiger partial charge on any atom is -0.381 e. The van der Waals surface area contributed by atoms with Crippen LogP contribution in [0.5, 0.6) is 0 Å². The SMILES string of the molecule is O=S(=O)(c1ccc(F)cc1)c1ccc2c(c1)[C@H]1CCNCC[C@@H]1N2. The van der Waals surface area contributed by atoms with Crippen LogP contribution >= 0.6 is 0 Å². The van der Waals surface area contributed by atoms with Crippen molar-refractivity contribution in [1.82, 2.24) is 5.32 Å². The Bertz CT molecular complexity index is 865. The van der Waals surface area contributed by atoms with Gasteiger partial charge in [-0.25, -0.2) is 12.8 Å². The molecule has 0 radical (unpaired) electrons. The first-order chi connectivity index (χ1) is 11.6. The van der Waals surface area contributed by atoms with Crippen molar-refractivity contribution in [2.24, 2.45) is 0 Å². The average Bonchev–Trinajstić information content (AvgIpc) is 2.75. The van der Waals surface area contributed by atoms with Crippen LogP contribution in [0.1, 0.15) is 24.3 Å². The third-order valence-corrected chi connectivity index (χ3v) is 6.71. The van der Waals surface area contributed by atoms with Crippen LogP contribution in [-0.2, 0) is 9.84 Å². The molecule has 2 aliphatic heterocycles. The molecule has 2 heterocycles. The van der Waals surface area contributed by atoms with E-state index in [1.165, 1.54) is 24.3 Å². The first-order valence-corrected chi connectivity index (χ1v) is 9.66. The number of hydrogen-bond donors (Lipinski definition) is 2. The maximum atomic E-state index is 13.1. The molecule has 0 saturated carbocycles. The predicted octanol–water partition coefficient (Wildman–Crippen LogP) is 2.92. The van der Waals surface area contributed by atoms with Crippen LogP contribution in [0, 0.1) is 5.82 Å². The van der Waals surface area contributed by atoms with Gasteiger partial charge in [0.1, 0.15) is 5.82 Å². The Balaban J connectivity index is 1.73. The molecule has 0 spiro atoms. The molecule has 2 aromatic carbocycles. The van der Waals surface area contributed by atoms with E-state index in [9.17, 15) is 12.8 Å². The number of rotatable bonds is 2. The predicted molar refractivity (Wildman–Crippen MR) is 90.5 cm³/mol. The van der Waals surface area contributed by atoms with Gasteiger partial charge in [0.05, 0.1) is 9.79 Å². The van der Waals surface area contributed by atoms with E-state index in [0.717, 1.165) is 37.2 Å². The summed E-state index contributed by atoms with van der Waals surface area (Å²) in [6.07, 6.45) is 2.02. The van der Waals surface area contributed by atoms with Gasteiger partial charge < -0.3 is 10.6 Å². The molecule has 0 bridgehead atoms. The number of fused-ring (bicyclic) bond motifs is 3. The van der Waals surface area contributed by atoms with E-state index < -0.39 is 15.7 Å².